The zero-order valence-electron chi connectivity index (χ0n) is 18.9. The van der Waals surface area contributed by atoms with E-state index >= 15 is 0 Å². The van der Waals surface area contributed by atoms with Crippen molar-refractivity contribution in [2.45, 2.75) is 33.9 Å². The summed E-state index contributed by atoms with van der Waals surface area (Å²) in [6.07, 6.45) is 1.82. The molecule has 4 aromatic rings. The Morgan fingerprint density at radius 2 is 1.66 bits per heavy atom. The van der Waals surface area contributed by atoms with Crippen LogP contribution in [0.5, 0.6) is 17.2 Å². The maximum Gasteiger partial charge on any atom is 0.147 e. The Bertz CT molecular complexity index is 1190. The molecule has 0 aliphatic heterocycles. The minimum absolute atomic E-state index is 0. The van der Waals surface area contributed by atoms with Crippen molar-refractivity contribution < 1.29 is 14.2 Å². The number of methoxy groups -OCH3 is 1. The van der Waals surface area contributed by atoms with Crippen LogP contribution in [0.25, 0.3) is 11.0 Å². The molecule has 0 amide bonds. The van der Waals surface area contributed by atoms with Gasteiger partial charge in [0.25, 0.3) is 0 Å². The van der Waals surface area contributed by atoms with Gasteiger partial charge in [-0.15, -0.1) is 12.4 Å². The van der Waals surface area contributed by atoms with Crippen molar-refractivity contribution in [1.29, 1.82) is 0 Å². The van der Waals surface area contributed by atoms with Gasteiger partial charge in [-0.05, 0) is 50.1 Å². The molecule has 2 heterocycles. The summed E-state index contributed by atoms with van der Waals surface area (Å²) in [4.78, 5) is 4.65. The van der Waals surface area contributed by atoms with Gasteiger partial charge in [0.1, 0.15) is 29.4 Å². The lowest BCUT2D eigenvalue weighted by molar-refractivity contribution is 0.288. The summed E-state index contributed by atoms with van der Waals surface area (Å²) in [5.74, 6) is 2.53. The molecular weight excluding hydrogens is 424 g/mol. The molecule has 0 fully saturated rings. The summed E-state index contributed by atoms with van der Waals surface area (Å²) in [6.45, 7) is 8.03. The zero-order valence-corrected chi connectivity index (χ0v) is 19.7. The zero-order chi connectivity index (χ0) is 21.8. The molecule has 6 heteroatoms. The summed E-state index contributed by atoms with van der Waals surface area (Å²) in [5, 5.41) is 0. The summed E-state index contributed by atoms with van der Waals surface area (Å²) in [7, 11) is 1.68. The molecule has 0 N–H and O–H groups in total. The molecule has 5 nitrogen and oxygen atoms in total. The van der Waals surface area contributed by atoms with Crippen molar-refractivity contribution in [3.63, 3.8) is 0 Å². The van der Waals surface area contributed by atoms with Crippen LogP contribution < -0.4 is 14.2 Å². The van der Waals surface area contributed by atoms with Gasteiger partial charge in [-0.3, -0.25) is 4.98 Å². The van der Waals surface area contributed by atoms with Gasteiger partial charge in [0.15, 0.2) is 0 Å². The van der Waals surface area contributed by atoms with Gasteiger partial charge in [-0.1, -0.05) is 30.3 Å². The fraction of sp³-hybridized carbons (Fsp3) is 0.269. The van der Waals surface area contributed by atoms with E-state index in [9.17, 15) is 0 Å². The van der Waals surface area contributed by atoms with Crippen LogP contribution in [0.2, 0.25) is 0 Å². The first-order valence-electron chi connectivity index (χ1n) is 10.5. The van der Waals surface area contributed by atoms with Crippen molar-refractivity contribution in [1.82, 2.24) is 9.55 Å². The third kappa shape index (κ3) is 4.68. The van der Waals surface area contributed by atoms with Crippen molar-refractivity contribution >= 4 is 23.4 Å². The van der Waals surface area contributed by atoms with Crippen LogP contribution in [0.1, 0.15) is 29.3 Å². The molecule has 32 heavy (non-hydrogen) atoms. The number of rotatable bonds is 8. The maximum atomic E-state index is 6.31. The lowest BCUT2D eigenvalue weighted by Crippen LogP contribution is -2.05. The Kier molecular flexibility index (Phi) is 7.65. The second-order valence-electron chi connectivity index (χ2n) is 7.48. The van der Waals surface area contributed by atoms with Crippen LogP contribution in [0.15, 0.2) is 60.8 Å². The number of pyridine rings is 1. The summed E-state index contributed by atoms with van der Waals surface area (Å²) >= 11 is 0. The van der Waals surface area contributed by atoms with Crippen LogP contribution in [-0.2, 0) is 13.2 Å². The Labute approximate surface area is 195 Å². The van der Waals surface area contributed by atoms with E-state index in [2.05, 4.69) is 35.5 Å². The second-order valence-corrected chi connectivity index (χ2v) is 7.48. The van der Waals surface area contributed by atoms with E-state index in [1.54, 1.807) is 7.11 Å². The highest BCUT2D eigenvalue weighted by molar-refractivity contribution is 5.86. The molecule has 0 bridgehead atoms. The minimum Gasteiger partial charge on any atom is -0.497 e. The van der Waals surface area contributed by atoms with Crippen LogP contribution in [0, 0.1) is 13.8 Å². The average Bonchev–Trinajstić information content (AvgIpc) is 3.04. The lowest BCUT2D eigenvalue weighted by atomic mass is 10.2. The van der Waals surface area contributed by atoms with E-state index in [1.807, 2.05) is 55.6 Å². The van der Waals surface area contributed by atoms with Crippen molar-refractivity contribution in [3.8, 4) is 17.2 Å². The predicted molar refractivity (Wildman–Crippen MR) is 130 cm³/mol. The van der Waals surface area contributed by atoms with E-state index in [0.29, 0.717) is 13.2 Å². The highest BCUT2D eigenvalue weighted by Crippen LogP contribution is 2.32. The van der Waals surface area contributed by atoms with Crippen LogP contribution in [0.3, 0.4) is 0 Å². The number of aromatic nitrogens is 2. The maximum absolute atomic E-state index is 6.31. The second kappa shape index (κ2) is 10.4. The molecule has 0 saturated carbocycles. The first-order valence-corrected chi connectivity index (χ1v) is 10.5. The van der Waals surface area contributed by atoms with Gasteiger partial charge in [-0.25, -0.2) is 0 Å². The molecule has 4 rings (SSSR count). The smallest absolute Gasteiger partial charge is 0.147 e. The first-order chi connectivity index (χ1) is 15.1. The standard InChI is InChI=1S/C26H28N2O3.ClH/c1-5-30-23-9-7-6-8-21(23)17-31-24-14-15-27-25-18(2)19(3)28(26(24)25)16-20-10-12-22(29-4)13-11-20;/h6-15H,5,16-17H2,1-4H3;1H. The van der Waals surface area contributed by atoms with Gasteiger partial charge >= 0.3 is 0 Å². The molecule has 0 unspecified atom stereocenters. The number of aryl methyl sites for hydroxylation is 1. The first kappa shape index (κ1) is 23.5. The molecule has 0 atom stereocenters. The van der Waals surface area contributed by atoms with Crippen molar-refractivity contribution in [3.05, 3.63) is 83.2 Å². The molecule has 0 aliphatic carbocycles. The number of ether oxygens (including phenoxy) is 3. The van der Waals surface area contributed by atoms with Crippen LogP contribution in [-0.4, -0.2) is 23.3 Å². The monoisotopic (exact) mass is 452 g/mol. The fourth-order valence-electron chi connectivity index (χ4n) is 3.82. The van der Waals surface area contributed by atoms with E-state index in [-0.39, 0.29) is 12.4 Å². The van der Waals surface area contributed by atoms with E-state index in [4.69, 9.17) is 14.2 Å². The molecule has 2 aromatic heterocycles. The van der Waals surface area contributed by atoms with Gasteiger partial charge in [0, 0.05) is 30.1 Å². The highest BCUT2D eigenvalue weighted by atomic mass is 35.5. The van der Waals surface area contributed by atoms with E-state index in [1.165, 1.54) is 16.8 Å². The summed E-state index contributed by atoms with van der Waals surface area (Å²) < 4.78 is 19.6. The fourth-order valence-corrected chi connectivity index (χ4v) is 3.82. The van der Waals surface area contributed by atoms with Crippen molar-refractivity contribution in [2.75, 3.05) is 13.7 Å². The number of benzene rings is 2. The Balaban J connectivity index is 0.00000289. The molecule has 0 spiro atoms. The van der Waals surface area contributed by atoms with E-state index in [0.717, 1.165) is 40.4 Å². The molecular formula is C26H29ClN2O3. The Morgan fingerprint density at radius 3 is 2.38 bits per heavy atom. The van der Waals surface area contributed by atoms with Crippen LogP contribution in [0.4, 0.5) is 0 Å². The average molecular weight is 453 g/mol. The quantitative estimate of drug-likeness (QED) is 0.323. The number of halogens is 1. The van der Waals surface area contributed by atoms with Gasteiger partial charge < -0.3 is 18.8 Å². The molecule has 0 saturated heterocycles. The SMILES string of the molecule is CCOc1ccccc1COc1ccnc2c(C)c(C)n(Cc3ccc(OC)cc3)c12.Cl. The molecule has 168 valence electrons. The number of hydrogen-bond acceptors (Lipinski definition) is 4. The lowest BCUT2D eigenvalue weighted by Gasteiger charge is -2.14. The van der Waals surface area contributed by atoms with Gasteiger partial charge in [0.05, 0.1) is 19.2 Å². The molecule has 2 aromatic carbocycles. The number of fused-ring (bicyclic) bond motifs is 1. The molecule has 0 radical (unpaired) electrons. The largest absolute Gasteiger partial charge is 0.497 e. The molecule has 0 aliphatic rings. The highest BCUT2D eigenvalue weighted by Gasteiger charge is 2.17. The number of hydrogen-bond donors (Lipinski definition) is 0. The minimum atomic E-state index is 0. The topological polar surface area (TPSA) is 45.5 Å². The van der Waals surface area contributed by atoms with Gasteiger partial charge in [-0.2, -0.15) is 0 Å². The normalized spacial score (nSPS) is 10.6. The van der Waals surface area contributed by atoms with E-state index < -0.39 is 0 Å². The van der Waals surface area contributed by atoms with Gasteiger partial charge in [0.2, 0.25) is 0 Å². The predicted octanol–water partition coefficient (Wildman–Crippen LogP) is 6.11. The Hall–Kier alpha value is -3.18. The van der Waals surface area contributed by atoms with Crippen molar-refractivity contribution in [2.24, 2.45) is 0 Å². The third-order valence-corrected chi connectivity index (χ3v) is 5.62. The number of para-hydroxylation sites is 1. The summed E-state index contributed by atoms with van der Waals surface area (Å²) in [6, 6.07) is 18.1. The summed E-state index contributed by atoms with van der Waals surface area (Å²) in [5.41, 5.74) is 6.56. The third-order valence-electron chi connectivity index (χ3n) is 5.62. The van der Waals surface area contributed by atoms with Crippen LogP contribution >= 0.6 is 12.4 Å². The Morgan fingerprint density at radius 1 is 0.906 bits per heavy atom. The number of nitrogens with zero attached hydrogens (tertiary/aromatic N) is 2.